The maximum atomic E-state index is 13.6. The Morgan fingerprint density at radius 3 is 2.55 bits per heavy atom. The first-order valence-electron chi connectivity index (χ1n) is 5.94. The molecule has 0 aliphatic heterocycles. The third kappa shape index (κ3) is 2.35. The fraction of sp³-hybridized carbons (Fsp3) is 0.0667. The van der Waals surface area contributed by atoms with Crippen LogP contribution in [0.5, 0.6) is 0 Å². The summed E-state index contributed by atoms with van der Waals surface area (Å²) in [5, 5.41) is 1.60. The van der Waals surface area contributed by atoms with E-state index in [0.29, 0.717) is 38.0 Å². The lowest BCUT2D eigenvalue weighted by Crippen LogP contribution is -1.93. The summed E-state index contributed by atoms with van der Waals surface area (Å²) in [6.07, 6.45) is 0. The van der Waals surface area contributed by atoms with Crippen LogP contribution in [0.15, 0.2) is 36.4 Å². The molecular formula is C15H9Cl2FN2. The number of aromatic nitrogens is 2. The molecule has 0 N–H and O–H groups in total. The number of halogens is 3. The minimum absolute atomic E-state index is 0.298. The van der Waals surface area contributed by atoms with Gasteiger partial charge in [-0.1, -0.05) is 35.3 Å². The van der Waals surface area contributed by atoms with E-state index in [-0.39, 0.29) is 5.82 Å². The average molecular weight is 307 g/mol. The molecule has 0 saturated heterocycles. The second-order valence-electron chi connectivity index (χ2n) is 4.46. The van der Waals surface area contributed by atoms with Crippen LogP contribution < -0.4 is 0 Å². The number of rotatable bonds is 1. The molecule has 0 atom stereocenters. The summed E-state index contributed by atoms with van der Waals surface area (Å²) in [6, 6.07) is 10.0. The minimum Gasteiger partial charge on any atom is -0.228 e. The Bertz CT molecular complexity index is 818. The van der Waals surface area contributed by atoms with Gasteiger partial charge >= 0.3 is 0 Å². The summed E-state index contributed by atoms with van der Waals surface area (Å²) in [7, 11) is 0. The third-order valence-corrected chi connectivity index (χ3v) is 3.57. The van der Waals surface area contributed by atoms with Gasteiger partial charge in [0.05, 0.1) is 5.52 Å². The zero-order valence-electron chi connectivity index (χ0n) is 10.5. The van der Waals surface area contributed by atoms with Gasteiger partial charge in [0.25, 0.3) is 0 Å². The first-order valence-corrected chi connectivity index (χ1v) is 6.69. The zero-order chi connectivity index (χ0) is 14.3. The summed E-state index contributed by atoms with van der Waals surface area (Å²) in [4.78, 5) is 8.61. The van der Waals surface area contributed by atoms with Gasteiger partial charge in [-0.2, -0.15) is 0 Å². The molecule has 5 heteroatoms. The predicted molar refractivity (Wildman–Crippen MR) is 79.7 cm³/mol. The molecule has 0 aliphatic rings. The highest BCUT2D eigenvalue weighted by molar-refractivity contribution is 6.35. The molecule has 0 amide bonds. The Labute approximate surface area is 125 Å². The van der Waals surface area contributed by atoms with Gasteiger partial charge in [0.1, 0.15) is 11.0 Å². The SMILES string of the molecule is Cc1ccc(-c2nc(Cl)c3ccc(Cl)cc3n2)cc1F. The number of fused-ring (bicyclic) bond motifs is 1. The van der Waals surface area contributed by atoms with E-state index in [0.717, 1.165) is 0 Å². The predicted octanol–water partition coefficient (Wildman–Crippen LogP) is 5.05. The Morgan fingerprint density at radius 2 is 1.80 bits per heavy atom. The van der Waals surface area contributed by atoms with Crippen molar-refractivity contribution in [1.82, 2.24) is 9.97 Å². The summed E-state index contributed by atoms with van der Waals surface area (Å²) >= 11 is 12.1. The fourth-order valence-corrected chi connectivity index (χ4v) is 2.33. The average Bonchev–Trinajstić information content (AvgIpc) is 2.41. The second kappa shape index (κ2) is 5.00. The molecule has 1 heterocycles. The molecule has 0 aliphatic carbocycles. The van der Waals surface area contributed by atoms with Crippen LogP contribution in [0.2, 0.25) is 10.2 Å². The first kappa shape index (κ1) is 13.3. The quantitative estimate of drug-likeness (QED) is 0.588. The van der Waals surface area contributed by atoms with E-state index < -0.39 is 0 Å². The lowest BCUT2D eigenvalue weighted by Gasteiger charge is -2.06. The van der Waals surface area contributed by atoms with Crippen LogP contribution in [0.1, 0.15) is 5.56 Å². The highest BCUT2D eigenvalue weighted by Gasteiger charge is 2.10. The summed E-state index contributed by atoms with van der Waals surface area (Å²) < 4.78 is 13.6. The van der Waals surface area contributed by atoms with Gasteiger partial charge in [-0.15, -0.1) is 0 Å². The molecule has 0 spiro atoms. The van der Waals surface area contributed by atoms with Crippen LogP contribution in [-0.2, 0) is 0 Å². The molecule has 100 valence electrons. The Balaban J connectivity index is 2.23. The van der Waals surface area contributed by atoms with Crippen LogP contribution in [0, 0.1) is 12.7 Å². The number of aryl methyl sites for hydroxylation is 1. The molecule has 0 saturated carbocycles. The Morgan fingerprint density at radius 1 is 1.00 bits per heavy atom. The number of nitrogens with zero attached hydrogens (tertiary/aromatic N) is 2. The minimum atomic E-state index is -0.298. The highest BCUT2D eigenvalue weighted by atomic mass is 35.5. The molecule has 3 aromatic rings. The van der Waals surface area contributed by atoms with Gasteiger partial charge in [-0.25, -0.2) is 14.4 Å². The zero-order valence-corrected chi connectivity index (χ0v) is 12.0. The van der Waals surface area contributed by atoms with Gasteiger partial charge in [0, 0.05) is 16.0 Å². The second-order valence-corrected chi connectivity index (χ2v) is 5.26. The largest absolute Gasteiger partial charge is 0.228 e. The van der Waals surface area contributed by atoms with Gasteiger partial charge in [-0.3, -0.25) is 0 Å². The monoisotopic (exact) mass is 306 g/mol. The summed E-state index contributed by atoms with van der Waals surface area (Å²) in [5.74, 6) is 0.0806. The molecule has 0 fully saturated rings. The normalized spacial score (nSPS) is 11.0. The van der Waals surface area contributed by atoms with E-state index in [2.05, 4.69) is 9.97 Å². The number of benzene rings is 2. The van der Waals surface area contributed by atoms with Crippen LogP contribution in [0.3, 0.4) is 0 Å². The van der Waals surface area contributed by atoms with Gasteiger partial charge < -0.3 is 0 Å². The van der Waals surface area contributed by atoms with Crippen molar-refractivity contribution in [2.45, 2.75) is 6.92 Å². The maximum absolute atomic E-state index is 13.6. The van der Waals surface area contributed by atoms with Crippen molar-refractivity contribution in [3.8, 4) is 11.4 Å². The standard InChI is InChI=1S/C15H9Cl2FN2/c1-8-2-3-9(6-12(8)18)15-19-13-7-10(16)4-5-11(13)14(17)20-15/h2-7H,1H3. The molecule has 2 aromatic carbocycles. The third-order valence-electron chi connectivity index (χ3n) is 3.04. The Kier molecular flexibility index (Phi) is 3.32. The molecule has 0 radical (unpaired) electrons. The smallest absolute Gasteiger partial charge is 0.161 e. The molecule has 2 nitrogen and oxygen atoms in total. The molecule has 3 rings (SSSR count). The van der Waals surface area contributed by atoms with Crippen molar-refractivity contribution < 1.29 is 4.39 Å². The topological polar surface area (TPSA) is 25.8 Å². The van der Waals surface area contributed by atoms with Crippen molar-refractivity contribution in [3.63, 3.8) is 0 Å². The van der Waals surface area contributed by atoms with Crippen molar-refractivity contribution in [2.24, 2.45) is 0 Å². The van der Waals surface area contributed by atoms with Gasteiger partial charge in [0.2, 0.25) is 0 Å². The van der Waals surface area contributed by atoms with Crippen LogP contribution >= 0.6 is 23.2 Å². The van der Waals surface area contributed by atoms with Crippen molar-refractivity contribution in [3.05, 3.63) is 58.0 Å². The molecule has 0 bridgehead atoms. The maximum Gasteiger partial charge on any atom is 0.161 e. The van der Waals surface area contributed by atoms with Gasteiger partial charge in [-0.05, 0) is 36.8 Å². The van der Waals surface area contributed by atoms with Crippen molar-refractivity contribution >= 4 is 34.1 Å². The van der Waals surface area contributed by atoms with Crippen molar-refractivity contribution in [1.29, 1.82) is 0 Å². The van der Waals surface area contributed by atoms with E-state index in [1.807, 2.05) is 0 Å². The van der Waals surface area contributed by atoms with E-state index >= 15 is 0 Å². The van der Waals surface area contributed by atoms with E-state index in [1.165, 1.54) is 6.07 Å². The Hall–Kier alpha value is -1.71. The lowest BCUT2D eigenvalue weighted by molar-refractivity contribution is 0.619. The molecule has 0 unspecified atom stereocenters. The summed E-state index contributed by atoms with van der Waals surface area (Å²) in [6.45, 7) is 1.70. The molecule has 20 heavy (non-hydrogen) atoms. The fourth-order valence-electron chi connectivity index (χ4n) is 1.93. The van der Waals surface area contributed by atoms with E-state index in [1.54, 1.807) is 37.3 Å². The van der Waals surface area contributed by atoms with Crippen LogP contribution in [0.25, 0.3) is 22.3 Å². The molecule has 1 aromatic heterocycles. The van der Waals surface area contributed by atoms with Crippen LogP contribution in [0.4, 0.5) is 4.39 Å². The highest BCUT2D eigenvalue weighted by Crippen LogP contribution is 2.27. The van der Waals surface area contributed by atoms with Crippen molar-refractivity contribution in [2.75, 3.05) is 0 Å². The van der Waals surface area contributed by atoms with Crippen LogP contribution in [-0.4, -0.2) is 9.97 Å². The summed E-state index contributed by atoms with van der Waals surface area (Å²) in [5.41, 5.74) is 1.79. The molecular weight excluding hydrogens is 298 g/mol. The van der Waals surface area contributed by atoms with E-state index in [9.17, 15) is 4.39 Å². The van der Waals surface area contributed by atoms with E-state index in [4.69, 9.17) is 23.2 Å². The first-order chi connectivity index (χ1) is 9.54. The lowest BCUT2D eigenvalue weighted by atomic mass is 10.1. The number of hydrogen-bond donors (Lipinski definition) is 0. The van der Waals surface area contributed by atoms with Gasteiger partial charge in [0.15, 0.2) is 5.82 Å². The number of hydrogen-bond acceptors (Lipinski definition) is 2.